The Hall–Kier alpha value is -2.93. The molecule has 0 N–H and O–H groups in total. The quantitative estimate of drug-likeness (QED) is 0.656. The third kappa shape index (κ3) is 2.49. The molecule has 0 radical (unpaired) electrons. The van der Waals surface area contributed by atoms with Crippen molar-refractivity contribution in [3.8, 4) is 0 Å². The molecule has 1 atom stereocenters. The van der Waals surface area contributed by atoms with E-state index in [0.29, 0.717) is 12.2 Å². The number of fused-ring (bicyclic) bond motifs is 4. The number of hydrogen-bond acceptors (Lipinski definition) is 1. The summed E-state index contributed by atoms with van der Waals surface area (Å²) in [5.41, 5.74) is 6.16. The number of benzene rings is 3. The smallest absolute Gasteiger partial charge is 0.144 e. The van der Waals surface area contributed by atoms with Crippen molar-refractivity contribution in [3.05, 3.63) is 104 Å². The molecule has 1 unspecified atom stereocenters. The fourth-order valence-corrected chi connectivity index (χ4v) is 4.70. The van der Waals surface area contributed by atoms with E-state index in [0.717, 1.165) is 6.42 Å². The molecule has 27 heavy (non-hydrogen) atoms. The van der Waals surface area contributed by atoms with E-state index >= 15 is 0 Å². The molecule has 0 amide bonds. The van der Waals surface area contributed by atoms with Crippen molar-refractivity contribution in [2.45, 2.75) is 26.7 Å². The van der Waals surface area contributed by atoms with Crippen LogP contribution in [0.2, 0.25) is 0 Å². The van der Waals surface area contributed by atoms with Crippen molar-refractivity contribution >= 4 is 17.4 Å². The first-order valence-electron chi connectivity index (χ1n) is 9.68. The highest BCUT2D eigenvalue weighted by Gasteiger charge is 2.27. The maximum atomic E-state index is 12.9. The Bertz CT molecular complexity index is 1310. The monoisotopic (exact) mass is 350 g/mol. The van der Waals surface area contributed by atoms with E-state index in [1.165, 1.54) is 48.7 Å². The molecule has 0 saturated carbocycles. The SMILES string of the molecule is Cc1cccc(C2=c3ccc4c(c3CC(=O)C2C)CC=c2ccccc2=4)c1. The van der Waals surface area contributed by atoms with Crippen LogP contribution in [0.15, 0.2) is 60.7 Å². The van der Waals surface area contributed by atoms with Crippen molar-refractivity contribution in [1.82, 2.24) is 0 Å². The summed E-state index contributed by atoms with van der Waals surface area (Å²) in [5.74, 6) is 0.267. The summed E-state index contributed by atoms with van der Waals surface area (Å²) in [6, 6.07) is 21.6. The predicted octanol–water partition coefficient (Wildman–Crippen LogP) is 3.58. The van der Waals surface area contributed by atoms with Crippen molar-refractivity contribution < 1.29 is 4.79 Å². The molecule has 0 saturated heterocycles. The van der Waals surface area contributed by atoms with E-state index in [4.69, 9.17) is 0 Å². The summed E-state index contributed by atoms with van der Waals surface area (Å²) in [6.07, 6.45) is 3.75. The number of rotatable bonds is 1. The molecule has 2 aliphatic carbocycles. The lowest BCUT2D eigenvalue weighted by atomic mass is 9.78. The van der Waals surface area contributed by atoms with Gasteiger partial charge in [-0.15, -0.1) is 0 Å². The highest BCUT2D eigenvalue weighted by molar-refractivity contribution is 5.97. The molecule has 2 aliphatic rings. The first-order valence-corrected chi connectivity index (χ1v) is 9.68. The molecule has 0 aromatic heterocycles. The van der Waals surface area contributed by atoms with E-state index in [9.17, 15) is 4.79 Å². The van der Waals surface area contributed by atoms with Crippen molar-refractivity contribution in [1.29, 1.82) is 0 Å². The molecule has 0 fully saturated rings. The van der Waals surface area contributed by atoms with Gasteiger partial charge in [-0.1, -0.05) is 79.2 Å². The Balaban J connectivity index is 1.93. The lowest BCUT2D eigenvalue weighted by Gasteiger charge is -2.25. The zero-order valence-electron chi connectivity index (χ0n) is 15.8. The summed E-state index contributed by atoms with van der Waals surface area (Å²) in [6.45, 7) is 4.17. The number of Topliss-reactive ketones (excluding diaryl/α,β-unsaturated/α-hetero) is 1. The predicted molar refractivity (Wildman–Crippen MR) is 110 cm³/mol. The van der Waals surface area contributed by atoms with Crippen LogP contribution in [-0.2, 0) is 17.6 Å². The van der Waals surface area contributed by atoms with Crippen LogP contribution in [0.5, 0.6) is 0 Å². The number of ketones is 1. The summed E-state index contributed by atoms with van der Waals surface area (Å²) < 4.78 is 0. The van der Waals surface area contributed by atoms with Gasteiger partial charge in [0.2, 0.25) is 0 Å². The molecule has 0 aliphatic heterocycles. The van der Waals surface area contributed by atoms with Crippen molar-refractivity contribution in [3.63, 3.8) is 0 Å². The van der Waals surface area contributed by atoms with Gasteiger partial charge in [0.1, 0.15) is 5.78 Å². The minimum atomic E-state index is -0.0581. The lowest BCUT2D eigenvalue weighted by molar-refractivity contribution is -0.120. The minimum absolute atomic E-state index is 0.0581. The number of carbonyl (C=O) groups is 1. The third-order valence-electron chi connectivity index (χ3n) is 6.09. The van der Waals surface area contributed by atoms with Crippen LogP contribution in [0, 0.1) is 23.3 Å². The highest BCUT2D eigenvalue weighted by atomic mass is 16.1. The van der Waals surface area contributed by atoms with Gasteiger partial charge in [-0.3, -0.25) is 4.79 Å². The molecule has 132 valence electrons. The Morgan fingerprint density at radius 1 is 0.852 bits per heavy atom. The fraction of sp³-hybridized carbons (Fsp3) is 0.192. The van der Waals surface area contributed by atoms with Gasteiger partial charge in [0.15, 0.2) is 0 Å². The standard InChI is InChI=1S/C26H22O/c1-16-6-5-8-19(14-16)26-17(2)25(27)15-24-22-11-10-18-7-3-4-9-20(18)21(22)12-13-23(24)26/h3-10,12-14,17H,11,15H2,1-2H3. The lowest BCUT2D eigenvalue weighted by Crippen LogP contribution is -2.32. The normalized spacial score (nSPS) is 17.6. The van der Waals surface area contributed by atoms with Crippen LogP contribution in [0.25, 0.3) is 11.6 Å². The van der Waals surface area contributed by atoms with Gasteiger partial charge >= 0.3 is 0 Å². The van der Waals surface area contributed by atoms with Crippen LogP contribution < -0.4 is 10.4 Å². The topological polar surface area (TPSA) is 17.1 Å². The molecular weight excluding hydrogens is 328 g/mol. The molecule has 1 heteroatoms. The van der Waals surface area contributed by atoms with Crippen molar-refractivity contribution in [2.75, 3.05) is 0 Å². The Labute approximate surface area is 159 Å². The van der Waals surface area contributed by atoms with E-state index in [-0.39, 0.29) is 5.92 Å². The van der Waals surface area contributed by atoms with Gasteiger partial charge in [0.05, 0.1) is 0 Å². The summed E-state index contributed by atoms with van der Waals surface area (Å²) in [5, 5.41) is 5.13. The molecule has 1 nitrogen and oxygen atoms in total. The summed E-state index contributed by atoms with van der Waals surface area (Å²) >= 11 is 0. The molecule has 3 aromatic carbocycles. The summed E-state index contributed by atoms with van der Waals surface area (Å²) in [4.78, 5) is 12.9. The maximum Gasteiger partial charge on any atom is 0.144 e. The number of aryl methyl sites for hydroxylation is 1. The van der Waals surface area contributed by atoms with E-state index < -0.39 is 0 Å². The molecule has 0 spiro atoms. The fourth-order valence-electron chi connectivity index (χ4n) is 4.70. The molecule has 0 bridgehead atoms. The molecule has 0 heterocycles. The second kappa shape index (κ2) is 6.06. The summed E-state index contributed by atoms with van der Waals surface area (Å²) in [7, 11) is 0. The van der Waals surface area contributed by atoms with E-state index in [1.54, 1.807) is 0 Å². The Morgan fingerprint density at radius 2 is 1.67 bits per heavy atom. The highest BCUT2D eigenvalue weighted by Crippen LogP contribution is 2.28. The molecular formula is C26H22O. The molecule has 3 aromatic rings. The Morgan fingerprint density at radius 3 is 2.52 bits per heavy atom. The van der Waals surface area contributed by atoms with Gasteiger partial charge in [-0.2, -0.15) is 0 Å². The van der Waals surface area contributed by atoms with Crippen LogP contribution >= 0.6 is 0 Å². The van der Waals surface area contributed by atoms with Crippen LogP contribution in [0.4, 0.5) is 0 Å². The first-order chi connectivity index (χ1) is 13.1. The van der Waals surface area contributed by atoms with Crippen LogP contribution in [0.3, 0.4) is 0 Å². The average molecular weight is 350 g/mol. The number of hydrogen-bond donors (Lipinski definition) is 0. The van der Waals surface area contributed by atoms with Gasteiger partial charge in [-0.05, 0) is 56.5 Å². The second-order valence-corrected chi connectivity index (χ2v) is 7.76. The van der Waals surface area contributed by atoms with Gasteiger partial charge < -0.3 is 0 Å². The second-order valence-electron chi connectivity index (χ2n) is 7.76. The van der Waals surface area contributed by atoms with Gasteiger partial charge in [-0.25, -0.2) is 0 Å². The molecule has 5 rings (SSSR count). The minimum Gasteiger partial charge on any atom is -0.299 e. The van der Waals surface area contributed by atoms with Crippen LogP contribution in [-0.4, -0.2) is 5.78 Å². The zero-order chi connectivity index (χ0) is 18.5. The Kier molecular flexibility index (Phi) is 3.65. The van der Waals surface area contributed by atoms with Gasteiger partial charge in [0, 0.05) is 12.3 Å². The largest absolute Gasteiger partial charge is 0.299 e. The van der Waals surface area contributed by atoms with Gasteiger partial charge in [0.25, 0.3) is 0 Å². The zero-order valence-corrected chi connectivity index (χ0v) is 15.8. The first kappa shape index (κ1) is 16.3. The van der Waals surface area contributed by atoms with Crippen molar-refractivity contribution in [2.24, 2.45) is 5.92 Å². The maximum absolute atomic E-state index is 12.9. The average Bonchev–Trinajstić information content (AvgIpc) is 2.68. The third-order valence-corrected chi connectivity index (χ3v) is 6.09. The van der Waals surface area contributed by atoms with E-state index in [2.05, 4.69) is 80.6 Å². The van der Waals surface area contributed by atoms with E-state index in [1.807, 2.05) is 0 Å². The van der Waals surface area contributed by atoms with Crippen LogP contribution in [0.1, 0.15) is 29.2 Å². The number of carbonyl (C=O) groups excluding carboxylic acids is 1.